The minimum Gasteiger partial charge on any atom is -0.261 e. The van der Waals surface area contributed by atoms with Crippen molar-refractivity contribution < 1.29 is 0 Å². The van der Waals surface area contributed by atoms with Crippen LogP contribution in [0.25, 0.3) is 22.1 Å². The van der Waals surface area contributed by atoms with Crippen molar-refractivity contribution in [2.75, 3.05) is 0 Å². The maximum atomic E-state index is 4.71. The summed E-state index contributed by atoms with van der Waals surface area (Å²) in [4.78, 5) is 18.1. The van der Waals surface area contributed by atoms with Gasteiger partial charge >= 0.3 is 0 Å². The maximum Gasteiger partial charge on any atom is 0.178 e. The molecule has 0 spiro atoms. The molecule has 0 amide bonds. The lowest BCUT2D eigenvalue weighted by Gasteiger charge is -2.04. The second kappa shape index (κ2) is 7.62. The molecule has 124 valence electrons. The molecule has 0 saturated carbocycles. The van der Waals surface area contributed by atoms with E-state index in [0.29, 0.717) is 11.7 Å². The predicted octanol–water partition coefficient (Wildman–Crippen LogP) is 4.81. The Kier molecular flexibility index (Phi) is 5.30. The highest BCUT2D eigenvalue weighted by molar-refractivity contribution is 7.13. The fourth-order valence-corrected chi connectivity index (χ4v) is 3.37. The molecule has 3 heterocycles. The third-order valence-corrected chi connectivity index (χ3v) is 4.54. The lowest BCUT2D eigenvalue weighted by atomic mass is 10.1. The van der Waals surface area contributed by atoms with Gasteiger partial charge in [0.25, 0.3) is 0 Å². The van der Waals surface area contributed by atoms with E-state index in [1.165, 1.54) is 5.56 Å². The van der Waals surface area contributed by atoms with E-state index in [9.17, 15) is 0 Å². The van der Waals surface area contributed by atoms with Crippen molar-refractivity contribution in [1.29, 1.82) is 0 Å². The van der Waals surface area contributed by atoms with Crippen LogP contribution in [-0.2, 0) is 12.8 Å². The van der Waals surface area contributed by atoms with Crippen molar-refractivity contribution in [2.24, 2.45) is 5.92 Å². The van der Waals surface area contributed by atoms with Crippen LogP contribution in [0.15, 0.2) is 36.1 Å². The van der Waals surface area contributed by atoms with Gasteiger partial charge in [0, 0.05) is 35.2 Å². The van der Waals surface area contributed by atoms with Crippen molar-refractivity contribution in [3.63, 3.8) is 0 Å². The first-order chi connectivity index (χ1) is 11.7. The molecule has 3 aromatic rings. The molecule has 5 heteroatoms. The molecule has 0 radical (unpaired) electrons. The Morgan fingerprint density at radius 3 is 2.62 bits per heavy atom. The number of pyridine rings is 1. The van der Waals surface area contributed by atoms with Crippen LogP contribution in [0.2, 0.25) is 0 Å². The van der Waals surface area contributed by atoms with Gasteiger partial charge in [-0.2, -0.15) is 0 Å². The quantitative estimate of drug-likeness (QED) is 0.647. The largest absolute Gasteiger partial charge is 0.261 e. The van der Waals surface area contributed by atoms with Crippen molar-refractivity contribution >= 4 is 11.3 Å². The normalized spacial score (nSPS) is 11.2. The van der Waals surface area contributed by atoms with Crippen LogP contribution in [0.3, 0.4) is 0 Å². The van der Waals surface area contributed by atoms with Crippen LogP contribution in [0, 0.1) is 5.92 Å². The maximum absolute atomic E-state index is 4.71. The summed E-state index contributed by atoms with van der Waals surface area (Å²) in [6, 6.07) is 4.13. The number of hydrogen-bond donors (Lipinski definition) is 0. The summed E-state index contributed by atoms with van der Waals surface area (Å²) in [5, 5.41) is 3.01. The van der Waals surface area contributed by atoms with Gasteiger partial charge in [-0.3, -0.25) is 4.98 Å². The molecule has 4 nitrogen and oxygen atoms in total. The highest BCUT2D eigenvalue weighted by Crippen LogP contribution is 2.27. The van der Waals surface area contributed by atoms with Gasteiger partial charge in [0.1, 0.15) is 10.7 Å². The average Bonchev–Trinajstić information content (AvgIpc) is 3.06. The first-order valence-electron chi connectivity index (χ1n) is 8.38. The standard InChI is InChI=1S/C19H22N4S/c1-4-5-16-9-15(6-7-20-16)19-23-17(12-24-19)18-21-10-14(11-22-18)8-13(2)3/h6-7,9-13H,4-5,8H2,1-3H3. The molecule has 0 bridgehead atoms. The molecule has 0 aliphatic heterocycles. The lowest BCUT2D eigenvalue weighted by Crippen LogP contribution is -1.97. The van der Waals surface area contributed by atoms with Gasteiger partial charge < -0.3 is 0 Å². The number of hydrogen-bond acceptors (Lipinski definition) is 5. The second-order valence-corrected chi connectivity index (χ2v) is 7.19. The fourth-order valence-electron chi connectivity index (χ4n) is 2.58. The van der Waals surface area contributed by atoms with Crippen LogP contribution in [0.5, 0.6) is 0 Å². The van der Waals surface area contributed by atoms with Crippen LogP contribution in [0.1, 0.15) is 38.4 Å². The number of aryl methyl sites for hydroxylation is 1. The van der Waals surface area contributed by atoms with Crippen molar-refractivity contribution in [1.82, 2.24) is 19.9 Å². The third-order valence-electron chi connectivity index (χ3n) is 3.65. The molecule has 0 aliphatic rings. The van der Waals surface area contributed by atoms with Gasteiger partial charge in [0.05, 0.1) is 0 Å². The van der Waals surface area contributed by atoms with E-state index < -0.39 is 0 Å². The zero-order valence-electron chi connectivity index (χ0n) is 14.4. The molecule has 0 fully saturated rings. The van der Waals surface area contributed by atoms with Crippen LogP contribution < -0.4 is 0 Å². The van der Waals surface area contributed by atoms with E-state index in [4.69, 9.17) is 4.98 Å². The molecule has 0 saturated heterocycles. The summed E-state index contributed by atoms with van der Waals surface area (Å²) in [6.07, 6.45) is 8.77. The topological polar surface area (TPSA) is 51.6 Å². The Labute approximate surface area is 147 Å². The van der Waals surface area contributed by atoms with Gasteiger partial charge in [-0.1, -0.05) is 27.2 Å². The van der Waals surface area contributed by atoms with E-state index in [2.05, 4.69) is 41.8 Å². The molecule has 0 unspecified atom stereocenters. The monoisotopic (exact) mass is 338 g/mol. The summed E-state index contributed by atoms with van der Waals surface area (Å²) in [7, 11) is 0. The van der Waals surface area contributed by atoms with Crippen LogP contribution in [-0.4, -0.2) is 19.9 Å². The highest BCUT2D eigenvalue weighted by atomic mass is 32.1. The van der Waals surface area contributed by atoms with Crippen LogP contribution >= 0.6 is 11.3 Å². The van der Waals surface area contributed by atoms with E-state index in [1.807, 2.05) is 30.0 Å². The summed E-state index contributed by atoms with van der Waals surface area (Å²) < 4.78 is 0. The smallest absolute Gasteiger partial charge is 0.178 e. The zero-order valence-corrected chi connectivity index (χ0v) is 15.2. The lowest BCUT2D eigenvalue weighted by molar-refractivity contribution is 0.643. The van der Waals surface area contributed by atoms with Crippen molar-refractivity contribution in [2.45, 2.75) is 40.0 Å². The Morgan fingerprint density at radius 1 is 1.12 bits per heavy atom. The van der Waals surface area contributed by atoms with Crippen molar-refractivity contribution in [3.8, 4) is 22.1 Å². The second-order valence-electron chi connectivity index (χ2n) is 6.34. The Hall–Kier alpha value is -2.14. The molecule has 0 N–H and O–H groups in total. The van der Waals surface area contributed by atoms with E-state index in [1.54, 1.807) is 11.3 Å². The minimum absolute atomic E-state index is 0.606. The zero-order chi connectivity index (χ0) is 16.9. The molecule has 0 aromatic carbocycles. The number of thiazole rings is 1. The third kappa shape index (κ3) is 4.03. The van der Waals surface area contributed by atoms with Gasteiger partial charge in [-0.05, 0) is 36.5 Å². The Balaban J connectivity index is 1.81. The minimum atomic E-state index is 0.606. The Bertz CT molecular complexity index is 793. The summed E-state index contributed by atoms with van der Waals surface area (Å²) in [6.45, 7) is 6.56. The molecular formula is C19H22N4S. The van der Waals surface area contributed by atoms with E-state index in [0.717, 1.165) is 41.2 Å². The highest BCUT2D eigenvalue weighted by Gasteiger charge is 2.10. The fraction of sp³-hybridized carbons (Fsp3) is 0.368. The molecule has 24 heavy (non-hydrogen) atoms. The van der Waals surface area contributed by atoms with Crippen LogP contribution in [0.4, 0.5) is 0 Å². The molecule has 3 rings (SSSR count). The predicted molar refractivity (Wildman–Crippen MR) is 98.9 cm³/mol. The summed E-state index contributed by atoms with van der Waals surface area (Å²) in [5.41, 5.74) is 4.23. The molecule has 3 aromatic heterocycles. The van der Waals surface area contributed by atoms with Crippen molar-refractivity contribution in [3.05, 3.63) is 47.4 Å². The van der Waals surface area contributed by atoms with E-state index >= 15 is 0 Å². The van der Waals surface area contributed by atoms with E-state index in [-0.39, 0.29) is 0 Å². The van der Waals surface area contributed by atoms with Gasteiger partial charge in [0.15, 0.2) is 5.82 Å². The SMILES string of the molecule is CCCc1cc(-c2nc(-c3ncc(CC(C)C)cn3)cs2)ccn1. The first-order valence-corrected chi connectivity index (χ1v) is 9.25. The number of rotatable bonds is 6. The summed E-state index contributed by atoms with van der Waals surface area (Å²) in [5.74, 6) is 1.29. The molecular weight excluding hydrogens is 316 g/mol. The molecule has 0 atom stereocenters. The molecule has 0 aliphatic carbocycles. The van der Waals surface area contributed by atoms with Gasteiger partial charge in [-0.15, -0.1) is 11.3 Å². The number of aromatic nitrogens is 4. The summed E-state index contributed by atoms with van der Waals surface area (Å²) >= 11 is 1.62. The average molecular weight is 338 g/mol. The Morgan fingerprint density at radius 2 is 1.92 bits per heavy atom. The number of nitrogens with zero attached hydrogens (tertiary/aromatic N) is 4. The van der Waals surface area contributed by atoms with Gasteiger partial charge in [-0.25, -0.2) is 15.0 Å². The van der Waals surface area contributed by atoms with Gasteiger partial charge in [0.2, 0.25) is 0 Å². The first kappa shape index (κ1) is 16.7.